The summed E-state index contributed by atoms with van der Waals surface area (Å²) in [7, 11) is -2.69. The molecule has 0 unspecified atom stereocenters. The molecule has 0 radical (unpaired) electrons. The number of aromatic nitrogens is 3. The Morgan fingerprint density at radius 1 is 1.12 bits per heavy atom. The Kier molecular flexibility index (Phi) is 2.97. The maximum Gasteiger partial charge on any atom is 0.195 e. The van der Waals surface area contributed by atoms with Gasteiger partial charge in [-0.2, -0.15) is 0 Å². The Labute approximate surface area is 101 Å². The quantitative estimate of drug-likeness (QED) is 0.814. The van der Waals surface area contributed by atoms with Crippen molar-refractivity contribution in [2.75, 3.05) is 0 Å². The first-order chi connectivity index (χ1) is 7.99. The van der Waals surface area contributed by atoms with Crippen molar-refractivity contribution in [2.24, 2.45) is 0 Å². The van der Waals surface area contributed by atoms with Gasteiger partial charge in [0.2, 0.25) is 0 Å². The van der Waals surface area contributed by atoms with Gasteiger partial charge in [0.05, 0.1) is 11.9 Å². The lowest BCUT2D eigenvalue weighted by molar-refractivity contribution is 0.611. The fraction of sp³-hybridized carbons (Fsp3) is 0.273. The minimum absolute atomic E-state index is 0.0145. The first kappa shape index (κ1) is 11.8. The van der Waals surface area contributed by atoms with E-state index in [4.69, 9.17) is 0 Å². The molecule has 1 aromatic carbocycles. The van der Waals surface area contributed by atoms with Gasteiger partial charge in [-0.25, -0.2) is 13.1 Å². The van der Waals surface area contributed by atoms with E-state index in [9.17, 15) is 8.42 Å². The molecule has 17 heavy (non-hydrogen) atoms. The van der Waals surface area contributed by atoms with Crippen molar-refractivity contribution >= 4 is 10.7 Å². The van der Waals surface area contributed by atoms with Crippen LogP contribution in [0.25, 0.3) is 5.69 Å². The van der Waals surface area contributed by atoms with Crippen LogP contribution in [0.1, 0.15) is 16.7 Å². The van der Waals surface area contributed by atoms with Gasteiger partial charge in [0.1, 0.15) is 0 Å². The number of thiol groups is 1. The molecule has 6 heteroatoms. The lowest BCUT2D eigenvalue weighted by Crippen LogP contribution is -2.01. The molecule has 0 atom stereocenters. The molecule has 90 valence electrons. The molecule has 0 aliphatic carbocycles. The number of nitrogens with zero attached hydrogens (tertiary/aromatic N) is 3. The van der Waals surface area contributed by atoms with Crippen molar-refractivity contribution in [3.63, 3.8) is 0 Å². The van der Waals surface area contributed by atoms with Gasteiger partial charge in [0, 0.05) is 0 Å². The average molecular weight is 251 g/mol. The summed E-state index contributed by atoms with van der Waals surface area (Å²) in [6.45, 7) is 5.95. The average Bonchev–Trinajstić information content (AvgIpc) is 2.65. The molecule has 0 fully saturated rings. The van der Waals surface area contributed by atoms with Crippen molar-refractivity contribution in [3.8, 4) is 5.69 Å². The van der Waals surface area contributed by atoms with Crippen LogP contribution in [0, 0.1) is 20.8 Å². The predicted octanol–water partition coefficient (Wildman–Crippen LogP) is 1.16. The molecule has 0 aliphatic heterocycles. The van der Waals surface area contributed by atoms with Crippen molar-refractivity contribution in [1.82, 2.24) is 15.0 Å². The van der Waals surface area contributed by atoms with Crippen molar-refractivity contribution < 1.29 is 8.42 Å². The van der Waals surface area contributed by atoms with Gasteiger partial charge in [0.15, 0.2) is 15.7 Å². The molecule has 1 heterocycles. The maximum absolute atomic E-state index is 10.8. The van der Waals surface area contributed by atoms with Gasteiger partial charge < -0.3 is 0 Å². The van der Waals surface area contributed by atoms with Gasteiger partial charge in [0.25, 0.3) is 0 Å². The molecule has 0 spiro atoms. The maximum atomic E-state index is 10.8. The summed E-state index contributed by atoms with van der Waals surface area (Å²) in [6, 6.07) is 4.06. The van der Waals surface area contributed by atoms with Crippen LogP contribution < -0.4 is 0 Å². The lowest BCUT2D eigenvalue weighted by Gasteiger charge is -2.09. The molecular weight excluding hydrogens is 238 g/mol. The van der Waals surface area contributed by atoms with Crippen LogP contribution in [0.15, 0.2) is 23.4 Å². The van der Waals surface area contributed by atoms with E-state index >= 15 is 0 Å². The molecule has 0 saturated heterocycles. The molecule has 5 nitrogen and oxygen atoms in total. The summed E-state index contributed by atoms with van der Waals surface area (Å²) in [5, 5.41) is 7.44. The molecule has 0 amide bonds. The zero-order chi connectivity index (χ0) is 12.6. The molecule has 1 aromatic heterocycles. The van der Waals surface area contributed by atoms with E-state index in [1.54, 1.807) is 0 Å². The summed E-state index contributed by atoms with van der Waals surface area (Å²) in [4.78, 5) is 0. The summed E-state index contributed by atoms with van der Waals surface area (Å²) >= 11 is 0. The minimum atomic E-state index is -2.69. The third kappa shape index (κ3) is 2.21. The largest absolute Gasteiger partial charge is 0.225 e. The standard InChI is InChI=1S/C11H13N3O2S/c1-7-4-8(2)11(9(3)5-7)14-6-10(12-13-14)17(15)16/h4-6,17H,1-3H3. The minimum Gasteiger partial charge on any atom is -0.225 e. The fourth-order valence-electron chi connectivity index (χ4n) is 1.98. The zero-order valence-corrected chi connectivity index (χ0v) is 10.7. The highest BCUT2D eigenvalue weighted by atomic mass is 32.2. The van der Waals surface area contributed by atoms with Gasteiger partial charge in [-0.15, -0.1) is 5.10 Å². The molecular formula is C11H13N3O2S. The van der Waals surface area contributed by atoms with Crippen molar-refractivity contribution in [1.29, 1.82) is 0 Å². The van der Waals surface area contributed by atoms with E-state index < -0.39 is 10.7 Å². The van der Waals surface area contributed by atoms with Crippen LogP contribution >= 0.6 is 0 Å². The molecule has 2 rings (SSSR count). The second-order valence-electron chi connectivity index (χ2n) is 4.03. The van der Waals surface area contributed by atoms with E-state index in [1.807, 2.05) is 32.9 Å². The zero-order valence-electron chi connectivity index (χ0n) is 9.84. The number of hydrogen-bond acceptors (Lipinski definition) is 4. The molecule has 0 N–H and O–H groups in total. The Hall–Kier alpha value is -1.69. The fourth-order valence-corrected chi connectivity index (χ4v) is 2.30. The number of benzene rings is 1. The van der Waals surface area contributed by atoms with E-state index in [0.717, 1.165) is 16.8 Å². The highest BCUT2D eigenvalue weighted by molar-refractivity contribution is 7.72. The van der Waals surface area contributed by atoms with Gasteiger partial charge in [-0.3, -0.25) is 0 Å². The van der Waals surface area contributed by atoms with E-state index in [1.165, 1.54) is 16.4 Å². The van der Waals surface area contributed by atoms with Crippen LogP contribution in [0.2, 0.25) is 0 Å². The van der Waals surface area contributed by atoms with Crippen LogP contribution in [0.4, 0.5) is 0 Å². The van der Waals surface area contributed by atoms with E-state index in [-0.39, 0.29) is 5.03 Å². The Bertz CT molecular complexity index is 613. The molecule has 0 aliphatic rings. The Balaban J connectivity index is 2.60. The third-order valence-electron chi connectivity index (χ3n) is 2.53. The van der Waals surface area contributed by atoms with Crippen LogP contribution in [-0.4, -0.2) is 23.4 Å². The molecule has 0 bridgehead atoms. The van der Waals surface area contributed by atoms with Gasteiger partial charge in [-0.05, 0) is 31.9 Å². The first-order valence-corrected chi connectivity index (χ1v) is 6.32. The van der Waals surface area contributed by atoms with Crippen LogP contribution in [0.3, 0.4) is 0 Å². The summed E-state index contributed by atoms with van der Waals surface area (Å²) in [6.07, 6.45) is 1.43. The first-order valence-electron chi connectivity index (χ1n) is 5.14. The second-order valence-corrected chi connectivity index (χ2v) is 5.00. The number of hydrogen-bond donors (Lipinski definition) is 1. The summed E-state index contributed by atoms with van der Waals surface area (Å²) < 4.78 is 23.1. The van der Waals surface area contributed by atoms with Crippen LogP contribution in [-0.2, 0) is 10.7 Å². The Morgan fingerprint density at radius 3 is 2.18 bits per heavy atom. The number of rotatable bonds is 2. The van der Waals surface area contributed by atoms with Crippen molar-refractivity contribution in [3.05, 3.63) is 35.0 Å². The van der Waals surface area contributed by atoms with E-state index in [2.05, 4.69) is 10.3 Å². The summed E-state index contributed by atoms with van der Waals surface area (Å²) in [5.74, 6) is 0. The Morgan fingerprint density at radius 2 is 1.71 bits per heavy atom. The smallest absolute Gasteiger partial charge is 0.195 e. The summed E-state index contributed by atoms with van der Waals surface area (Å²) in [5.41, 5.74) is 4.13. The topological polar surface area (TPSA) is 64.8 Å². The third-order valence-corrected chi connectivity index (χ3v) is 3.11. The second kappa shape index (κ2) is 4.29. The highest BCUT2D eigenvalue weighted by Crippen LogP contribution is 2.20. The van der Waals surface area contributed by atoms with Gasteiger partial charge >= 0.3 is 0 Å². The normalized spacial score (nSPS) is 11.1. The lowest BCUT2D eigenvalue weighted by atomic mass is 10.1. The highest BCUT2D eigenvalue weighted by Gasteiger charge is 2.09. The molecule has 0 saturated carbocycles. The van der Waals surface area contributed by atoms with Crippen LogP contribution in [0.5, 0.6) is 0 Å². The van der Waals surface area contributed by atoms with Gasteiger partial charge in [-0.1, -0.05) is 22.9 Å². The van der Waals surface area contributed by atoms with Crippen molar-refractivity contribution in [2.45, 2.75) is 25.8 Å². The predicted molar refractivity (Wildman–Crippen MR) is 64.2 cm³/mol. The molecule has 2 aromatic rings. The van der Waals surface area contributed by atoms with E-state index in [0.29, 0.717) is 0 Å². The monoisotopic (exact) mass is 251 g/mol. The SMILES string of the molecule is Cc1cc(C)c(-n2cc([SH](=O)=O)nn2)c(C)c1. The number of aryl methyl sites for hydroxylation is 3.